The van der Waals surface area contributed by atoms with Gasteiger partial charge in [0.05, 0.1) is 12.5 Å². The summed E-state index contributed by atoms with van der Waals surface area (Å²) in [6, 6.07) is 8.68. The smallest absolute Gasteiger partial charge is 0.0641 e. The molecule has 0 heterocycles. The largest absolute Gasteiger partial charge is 0.312 e. The summed E-state index contributed by atoms with van der Waals surface area (Å²) in [4.78, 5) is 0. The van der Waals surface area contributed by atoms with Crippen LogP contribution >= 0.6 is 0 Å². The van der Waals surface area contributed by atoms with Crippen molar-refractivity contribution < 1.29 is 0 Å². The number of nitrogens with zero attached hydrogens (tertiary/aromatic N) is 1. The molecule has 1 unspecified atom stereocenters. The average Bonchev–Trinajstić information content (AvgIpc) is 2.19. The third-order valence-electron chi connectivity index (χ3n) is 2.58. The van der Waals surface area contributed by atoms with Crippen LogP contribution in [-0.2, 0) is 0 Å². The Kier molecular flexibility index (Phi) is 3.67. The van der Waals surface area contributed by atoms with E-state index in [9.17, 15) is 0 Å². The summed E-state index contributed by atoms with van der Waals surface area (Å²) in [6.07, 6.45) is 0.513. The van der Waals surface area contributed by atoms with E-state index in [-0.39, 0.29) is 6.04 Å². The number of aryl methyl sites for hydroxylation is 2. The van der Waals surface area contributed by atoms with Gasteiger partial charge in [0.2, 0.25) is 0 Å². The van der Waals surface area contributed by atoms with Gasteiger partial charge in [-0.15, -0.1) is 0 Å². The molecular formula is C12H16N2. The molecule has 0 amide bonds. The van der Waals surface area contributed by atoms with E-state index in [0.717, 1.165) is 0 Å². The van der Waals surface area contributed by atoms with Gasteiger partial charge in [-0.1, -0.05) is 18.2 Å². The highest BCUT2D eigenvalue weighted by atomic mass is 14.9. The first-order valence-electron chi connectivity index (χ1n) is 4.80. The first kappa shape index (κ1) is 10.7. The highest BCUT2D eigenvalue weighted by molar-refractivity contribution is 5.32. The molecule has 0 spiro atoms. The van der Waals surface area contributed by atoms with Gasteiger partial charge in [-0.05, 0) is 37.6 Å². The van der Waals surface area contributed by atoms with Gasteiger partial charge in [-0.25, -0.2) is 0 Å². The Hall–Kier alpha value is -1.33. The van der Waals surface area contributed by atoms with E-state index in [4.69, 9.17) is 5.26 Å². The van der Waals surface area contributed by atoms with Crippen molar-refractivity contribution in [3.05, 3.63) is 34.9 Å². The van der Waals surface area contributed by atoms with Crippen LogP contribution in [0.1, 0.15) is 29.2 Å². The fourth-order valence-corrected chi connectivity index (χ4v) is 1.46. The lowest BCUT2D eigenvalue weighted by atomic mass is 9.99. The number of hydrogen-bond donors (Lipinski definition) is 1. The van der Waals surface area contributed by atoms with Gasteiger partial charge in [0, 0.05) is 6.04 Å². The first-order chi connectivity index (χ1) is 6.69. The summed E-state index contributed by atoms with van der Waals surface area (Å²) < 4.78 is 0. The molecule has 0 aliphatic rings. The molecule has 0 fully saturated rings. The molecule has 1 aromatic rings. The molecule has 2 nitrogen and oxygen atoms in total. The second-order valence-corrected chi connectivity index (χ2v) is 3.55. The van der Waals surface area contributed by atoms with Gasteiger partial charge < -0.3 is 5.32 Å². The van der Waals surface area contributed by atoms with Gasteiger partial charge in [-0.2, -0.15) is 5.26 Å². The quantitative estimate of drug-likeness (QED) is 0.791. The van der Waals surface area contributed by atoms with Gasteiger partial charge in [-0.3, -0.25) is 0 Å². The van der Waals surface area contributed by atoms with Gasteiger partial charge >= 0.3 is 0 Å². The predicted octanol–water partition coefficient (Wildman–Crippen LogP) is 2.48. The maximum absolute atomic E-state index is 8.66. The summed E-state index contributed by atoms with van der Waals surface area (Å²) in [5, 5.41) is 11.8. The Labute approximate surface area is 85.6 Å². The van der Waals surface area contributed by atoms with Crippen molar-refractivity contribution in [1.82, 2.24) is 5.32 Å². The second kappa shape index (κ2) is 4.78. The van der Waals surface area contributed by atoms with Crippen molar-refractivity contribution in [3.8, 4) is 6.07 Å². The number of nitrogens with one attached hydrogen (secondary N) is 1. The van der Waals surface area contributed by atoms with Crippen LogP contribution in [0.2, 0.25) is 0 Å². The van der Waals surface area contributed by atoms with Gasteiger partial charge in [0.25, 0.3) is 0 Å². The summed E-state index contributed by atoms with van der Waals surface area (Å²) in [7, 11) is 1.89. The van der Waals surface area contributed by atoms with Crippen LogP contribution in [-0.4, -0.2) is 7.05 Å². The molecule has 1 N–H and O–H groups in total. The van der Waals surface area contributed by atoms with Crippen LogP contribution in [0.5, 0.6) is 0 Å². The lowest BCUT2D eigenvalue weighted by molar-refractivity contribution is 0.608. The molecule has 0 saturated heterocycles. The van der Waals surface area contributed by atoms with Crippen LogP contribution < -0.4 is 5.32 Å². The summed E-state index contributed by atoms with van der Waals surface area (Å²) in [5.41, 5.74) is 3.76. The highest BCUT2D eigenvalue weighted by Crippen LogP contribution is 2.18. The van der Waals surface area contributed by atoms with E-state index in [2.05, 4.69) is 43.4 Å². The zero-order valence-corrected chi connectivity index (χ0v) is 8.96. The SMILES string of the molecule is CNC(CC#N)c1ccc(C)c(C)c1. The standard InChI is InChI=1S/C12H16N2/c1-9-4-5-11(8-10(9)2)12(14-3)6-7-13/h4-5,8,12,14H,6H2,1-3H3. The molecule has 1 rings (SSSR count). The number of benzene rings is 1. The molecule has 0 bridgehead atoms. The molecule has 0 radical (unpaired) electrons. The Morgan fingerprint density at radius 3 is 2.57 bits per heavy atom. The summed E-state index contributed by atoms with van der Waals surface area (Å²) in [6.45, 7) is 4.19. The first-order valence-corrected chi connectivity index (χ1v) is 4.80. The van der Waals surface area contributed by atoms with Crippen LogP contribution in [0.4, 0.5) is 0 Å². The fraction of sp³-hybridized carbons (Fsp3) is 0.417. The predicted molar refractivity (Wildman–Crippen MR) is 57.9 cm³/mol. The van der Waals surface area contributed by atoms with E-state index in [1.54, 1.807) is 0 Å². The van der Waals surface area contributed by atoms with E-state index < -0.39 is 0 Å². The Morgan fingerprint density at radius 2 is 2.07 bits per heavy atom. The second-order valence-electron chi connectivity index (χ2n) is 3.55. The lowest BCUT2D eigenvalue weighted by Crippen LogP contribution is -2.15. The van der Waals surface area contributed by atoms with E-state index in [1.807, 2.05) is 7.05 Å². The number of hydrogen-bond acceptors (Lipinski definition) is 2. The number of rotatable bonds is 3. The molecule has 1 aromatic carbocycles. The average molecular weight is 188 g/mol. The molecule has 0 aromatic heterocycles. The maximum Gasteiger partial charge on any atom is 0.0641 e. The van der Waals surface area contributed by atoms with Crippen LogP contribution in [0, 0.1) is 25.2 Å². The van der Waals surface area contributed by atoms with Crippen molar-refractivity contribution in [1.29, 1.82) is 5.26 Å². The molecular weight excluding hydrogens is 172 g/mol. The molecule has 14 heavy (non-hydrogen) atoms. The molecule has 0 aliphatic heterocycles. The normalized spacial score (nSPS) is 12.1. The molecule has 0 aliphatic carbocycles. The zero-order chi connectivity index (χ0) is 10.6. The third kappa shape index (κ3) is 2.34. The summed E-state index contributed by atoms with van der Waals surface area (Å²) in [5.74, 6) is 0. The Bertz CT molecular complexity index is 350. The minimum atomic E-state index is 0.152. The van der Waals surface area contributed by atoms with Crippen LogP contribution in [0.3, 0.4) is 0 Å². The van der Waals surface area contributed by atoms with Crippen molar-refractivity contribution in [2.75, 3.05) is 7.05 Å². The van der Waals surface area contributed by atoms with Crippen molar-refractivity contribution in [2.24, 2.45) is 0 Å². The van der Waals surface area contributed by atoms with E-state index >= 15 is 0 Å². The van der Waals surface area contributed by atoms with Crippen LogP contribution in [0.15, 0.2) is 18.2 Å². The minimum Gasteiger partial charge on any atom is -0.312 e. The number of nitriles is 1. The Balaban J connectivity index is 2.95. The van der Waals surface area contributed by atoms with Crippen LogP contribution in [0.25, 0.3) is 0 Å². The molecule has 74 valence electrons. The van der Waals surface area contributed by atoms with Crippen molar-refractivity contribution in [3.63, 3.8) is 0 Å². The monoisotopic (exact) mass is 188 g/mol. The van der Waals surface area contributed by atoms with E-state index in [0.29, 0.717) is 6.42 Å². The summed E-state index contributed by atoms with van der Waals surface area (Å²) >= 11 is 0. The van der Waals surface area contributed by atoms with Crippen molar-refractivity contribution in [2.45, 2.75) is 26.3 Å². The van der Waals surface area contributed by atoms with Gasteiger partial charge in [0.1, 0.15) is 0 Å². The minimum absolute atomic E-state index is 0.152. The topological polar surface area (TPSA) is 35.8 Å². The Morgan fingerprint density at radius 1 is 1.36 bits per heavy atom. The zero-order valence-electron chi connectivity index (χ0n) is 8.96. The molecule has 0 saturated carbocycles. The fourth-order valence-electron chi connectivity index (χ4n) is 1.46. The molecule has 2 heteroatoms. The third-order valence-corrected chi connectivity index (χ3v) is 2.58. The lowest BCUT2D eigenvalue weighted by Gasteiger charge is -2.14. The van der Waals surface area contributed by atoms with Gasteiger partial charge in [0.15, 0.2) is 0 Å². The van der Waals surface area contributed by atoms with E-state index in [1.165, 1.54) is 16.7 Å². The van der Waals surface area contributed by atoms with Crippen molar-refractivity contribution >= 4 is 0 Å². The maximum atomic E-state index is 8.66. The molecule has 1 atom stereocenters. The highest BCUT2D eigenvalue weighted by Gasteiger charge is 2.08.